The molecule has 102 valence electrons. The monoisotopic (exact) mass is 290 g/mol. The number of aryl methyl sites for hydroxylation is 1. The molecule has 0 atom stereocenters. The van der Waals surface area contributed by atoms with Gasteiger partial charge in [-0.05, 0) is 24.6 Å². The van der Waals surface area contributed by atoms with E-state index >= 15 is 0 Å². The predicted octanol–water partition coefficient (Wildman–Crippen LogP) is 2.19. The Morgan fingerprint density at radius 1 is 1.55 bits per heavy atom. The van der Waals surface area contributed by atoms with E-state index in [9.17, 15) is 9.18 Å². The van der Waals surface area contributed by atoms with Crippen molar-refractivity contribution < 1.29 is 14.3 Å². The first kappa shape index (κ1) is 14.2. The third-order valence-electron chi connectivity index (χ3n) is 2.39. The Bertz CT molecular complexity index is 701. The number of anilines is 1. The van der Waals surface area contributed by atoms with Gasteiger partial charge in [0.2, 0.25) is 0 Å². The van der Waals surface area contributed by atoms with E-state index in [1.807, 2.05) is 0 Å². The second kappa shape index (κ2) is 6.28. The summed E-state index contributed by atoms with van der Waals surface area (Å²) < 4.78 is 13.6. The quantitative estimate of drug-likeness (QED) is 0.833. The molecule has 1 amide bonds. The van der Waals surface area contributed by atoms with E-state index in [2.05, 4.69) is 22.1 Å². The molecule has 0 aliphatic heterocycles. The van der Waals surface area contributed by atoms with Crippen molar-refractivity contribution in [2.24, 2.45) is 0 Å². The number of halogens is 1. The second-order valence-corrected chi connectivity index (χ2v) is 4.96. The van der Waals surface area contributed by atoms with Gasteiger partial charge in [0, 0.05) is 0 Å². The zero-order valence-corrected chi connectivity index (χ0v) is 11.4. The molecule has 0 aliphatic carbocycles. The fraction of sp³-hybridized carbons (Fsp3) is 0.143. The van der Waals surface area contributed by atoms with Crippen LogP contribution < -0.4 is 5.32 Å². The molecule has 0 bridgehead atoms. The number of nitrogens with one attached hydrogen (secondary N) is 1. The molecule has 2 N–H and O–H groups in total. The first-order chi connectivity index (χ1) is 9.60. The number of amides is 1. The fourth-order valence-electron chi connectivity index (χ4n) is 1.49. The number of rotatable bonds is 2. The van der Waals surface area contributed by atoms with Gasteiger partial charge in [0.15, 0.2) is 5.13 Å². The first-order valence-corrected chi connectivity index (χ1v) is 6.55. The number of hydrogen-bond acceptors (Lipinski definition) is 4. The Hall–Kier alpha value is -2.23. The molecule has 4 nitrogen and oxygen atoms in total. The largest absolute Gasteiger partial charge is 0.384 e. The van der Waals surface area contributed by atoms with E-state index in [0.29, 0.717) is 10.0 Å². The average Bonchev–Trinajstić information content (AvgIpc) is 2.83. The van der Waals surface area contributed by atoms with E-state index in [-0.39, 0.29) is 12.2 Å². The Morgan fingerprint density at radius 2 is 2.35 bits per heavy atom. The molecular formula is C14H11FN2O2S. The number of aliphatic hydroxyl groups excluding tert-OH is 1. The summed E-state index contributed by atoms with van der Waals surface area (Å²) in [6, 6.07) is 4.40. The van der Waals surface area contributed by atoms with Crippen molar-refractivity contribution in [1.82, 2.24) is 4.98 Å². The van der Waals surface area contributed by atoms with Crippen LogP contribution in [0, 0.1) is 24.6 Å². The van der Waals surface area contributed by atoms with Gasteiger partial charge < -0.3 is 5.11 Å². The summed E-state index contributed by atoms with van der Waals surface area (Å²) >= 11 is 1.15. The molecule has 2 aromatic rings. The minimum atomic E-state index is -0.570. The van der Waals surface area contributed by atoms with Crippen LogP contribution in [0.1, 0.15) is 20.8 Å². The lowest BCUT2D eigenvalue weighted by Gasteiger charge is -2.03. The number of carbonyl (C=O) groups excluding carboxylic acids is 1. The van der Waals surface area contributed by atoms with Crippen LogP contribution in [0.3, 0.4) is 0 Å². The molecule has 0 saturated heterocycles. The van der Waals surface area contributed by atoms with E-state index < -0.39 is 11.7 Å². The minimum absolute atomic E-state index is 0.0335. The van der Waals surface area contributed by atoms with Gasteiger partial charge in [0.25, 0.3) is 5.91 Å². The molecule has 0 unspecified atom stereocenters. The predicted molar refractivity (Wildman–Crippen MR) is 75.2 cm³/mol. The third kappa shape index (κ3) is 3.41. The van der Waals surface area contributed by atoms with Crippen molar-refractivity contribution in [3.8, 4) is 11.8 Å². The molecule has 1 aromatic carbocycles. The highest BCUT2D eigenvalue weighted by Gasteiger charge is 2.13. The van der Waals surface area contributed by atoms with Crippen LogP contribution in [-0.4, -0.2) is 22.6 Å². The molecule has 6 heteroatoms. The van der Waals surface area contributed by atoms with E-state index in [1.54, 1.807) is 13.0 Å². The molecule has 0 spiro atoms. The maximum atomic E-state index is 13.6. The zero-order chi connectivity index (χ0) is 14.5. The Balaban J connectivity index is 2.13. The van der Waals surface area contributed by atoms with Gasteiger partial charge >= 0.3 is 0 Å². The number of benzene rings is 1. The molecule has 20 heavy (non-hydrogen) atoms. The van der Waals surface area contributed by atoms with Gasteiger partial charge in [-0.3, -0.25) is 10.1 Å². The van der Waals surface area contributed by atoms with Crippen molar-refractivity contribution in [2.45, 2.75) is 6.92 Å². The number of carbonyl (C=O) groups is 1. The van der Waals surface area contributed by atoms with Crippen molar-refractivity contribution in [3.63, 3.8) is 0 Å². The fourth-order valence-corrected chi connectivity index (χ4v) is 2.17. The number of aliphatic hydroxyl groups is 1. The van der Waals surface area contributed by atoms with Crippen molar-refractivity contribution in [1.29, 1.82) is 0 Å². The summed E-state index contributed by atoms with van der Waals surface area (Å²) in [7, 11) is 0. The molecule has 1 aromatic heterocycles. The molecule has 0 aliphatic rings. The van der Waals surface area contributed by atoms with Crippen LogP contribution in [0.15, 0.2) is 24.4 Å². The number of thiazole rings is 1. The maximum Gasteiger partial charge on any atom is 0.260 e. The Labute approximate surface area is 119 Å². The smallest absolute Gasteiger partial charge is 0.260 e. The average molecular weight is 290 g/mol. The maximum absolute atomic E-state index is 13.6. The highest BCUT2D eigenvalue weighted by Crippen LogP contribution is 2.19. The van der Waals surface area contributed by atoms with Gasteiger partial charge in [-0.1, -0.05) is 29.2 Å². The molecular weight excluding hydrogens is 279 g/mol. The lowest BCUT2D eigenvalue weighted by atomic mass is 10.1. The van der Waals surface area contributed by atoms with Gasteiger partial charge in [0.05, 0.1) is 16.6 Å². The highest BCUT2D eigenvalue weighted by molar-refractivity contribution is 7.16. The minimum Gasteiger partial charge on any atom is -0.384 e. The van der Waals surface area contributed by atoms with Crippen LogP contribution in [0.4, 0.5) is 9.52 Å². The van der Waals surface area contributed by atoms with Crippen molar-refractivity contribution in [3.05, 3.63) is 46.2 Å². The lowest BCUT2D eigenvalue weighted by molar-refractivity contribution is 0.102. The number of aromatic nitrogens is 1. The third-order valence-corrected chi connectivity index (χ3v) is 3.21. The van der Waals surface area contributed by atoms with Crippen molar-refractivity contribution in [2.75, 3.05) is 11.9 Å². The first-order valence-electron chi connectivity index (χ1n) is 5.73. The molecule has 1 heterocycles. The number of nitrogens with zero attached hydrogens (tertiary/aromatic N) is 1. The molecule has 2 rings (SSSR count). The Morgan fingerprint density at radius 3 is 3.05 bits per heavy atom. The van der Waals surface area contributed by atoms with Crippen molar-refractivity contribution >= 4 is 22.4 Å². The van der Waals surface area contributed by atoms with Gasteiger partial charge in [0.1, 0.15) is 12.4 Å². The molecule has 0 radical (unpaired) electrons. The van der Waals surface area contributed by atoms with Crippen LogP contribution in [0.2, 0.25) is 0 Å². The molecule has 0 saturated carbocycles. The standard InChI is InChI=1S/C14H11FN2O2S/c1-9-4-5-11(12(15)7-9)13(19)17-14-16-8-10(20-14)3-2-6-18/h4-5,7-8,18H,6H2,1H3,(H,16,17,19). The summed E-state index contributed by atoms with van der Waals surface area (Å²) in [5.74, 6) is 4.03. The normalized spacial score (nSPS) is 9.75. The Kier molecular flexibility index (Phi) is 4.45. The van der Waals surface area contributed by atoms with Gasteiger partial charge in [-0.2, -0.15) is 0 Å². The summed E-state index contributed by atoms with van der Waals surface area (Å²) in [5, 5.41) is 11.4. The zero-order valence-electron chi connectivity index (χ0n) is 10.6. The van der Waals surface area contributed by atoms with Crippen LogP contribution in [0.25, 0.3) is 0 Å². The summed E-state index contributed by atoms with van der Waals surface area (Å²) in [5.41, 5.74) is 0.712. The highest BCUT2D eigenvalue weighted by atomic mass is 32.1. The van der Waals surface area contributed by atoms with Crippen LogP contribution >= 0.6 is 11.3 Å². The van der Waals surface area contributed by atoms with Crippen LogP contribution in [0.5, 0.6) is 0 Å². The SMILES string of the molecule is Cc1ccc(C(=O)Nc2ncc(C#CCO)s2)c(F)c1. The topological polar surface area (TPSA) is 62.2 Å². The summed E-state index contributed by atoms with van der Waals surface area (Å²) in [6.07, 6.45) is 1.48. The van der Waals surface area contributed by atoms with Crippen LogP contribution in [-0.2, 0) is 0 Å². The lowest BCUT2D eigenvalue weighted by Crippen LogP contribution is -2.13. The van der Waals surface area contributed by atoms with E-state index in [1.165, 1.54) is 18.3 Å². The molecule has 0 fully saturated rings. The van der Waals surface area contributed by atoms with E-state index in [0.717, 1.165) is 16.9 Å². The van der Waals surface area contributed by atoms with Gasteiger partial charge in [-0.25, -0.2) is 9.37 Å². The summed E-state index contributed by atoms with van der Waals surface area (Å²) in [6.45, 7) is 1.51. The van der Waals surface area contributed by atoms with Gasteiger partial charge in [-0.15, -0.1) is 0 Å². The summed E-state index contributed by atoms with van der Waals surface area (Å²) in [4.78, 5) is 16.5. The number of hydrogen-bond donors (Lipinski definition) is 2. The van der Waals surface area contributed by atoms with E-state index in [4.69, 9.17) is 5.11 Å². The second-order valence-electron chi connectivity index (χ2n) is 3.93.